The van der Waals surface area contributed by atoms with Gasteiger partial charge in [0, 0.05) is 19.0 Å². The Bertz CT molecular complexity index is 468. The fourth-order valence-corrected chi connectivity index (χ4v) is 2.23. The number of carbonyl (C=O) groups excluding carboxylic acids is 2. The molecular weight excluding hydrogens is 236 g/mol. The van der Waals surface area contributed by atoms with Crippen LogP contribution in [0.15, 0.2) is 10.6 Å². The Hall–Kier alpha value is -1.69. The van der Waals surface area contributed by atoms with E-state index >= 15 is 0 Å². The number of ketones is 1. The first-order valence-corrected chi connectivity index (χ1v) is 5.87. The normalized spacial score (nSPS) is 23.4. The molecule has 2 atom stereocenters. The van der Waals surface area contributed by atoms with Crippen molar-refractivity contribution in [2.24, 2.45) is 0 Å². The van der Waals surface area contributed by atoms with Crippen molar-refractivity contribution in [3.05, 3.63) is 17.5 Å². The lowest BCUT2D eigenvalue weighted by molar-refractivity contribution is -0.136. The quantitative estimate of drug-likeness (QED) is 0.823. The van der Waals surface area contributed by atoms with Crippen LogP contribution in [-0.2, 0) is 16.0 Å². The predicted molar refractivity (Wildman–Crippen MR) is 61.7 cm³/mol. The lowest BCUT2D eigenvalue weighted by Gasteiger charge is -2.21. The Morgan fingerprint density at radius 2 is 2.33 bits per heavy atom. The minimum absolute atomic E-state index is 0.0668. The number of hydrogen-bond donors (Lipinski definition) is 1. The van der Waals surface area contributed by atoms with E-state index in [1.54, 1.807) is 13.0 Å². The van der Waals surface area contributed by atoms with Gasteiger partial charge in [0.2, 0.25) is 5.91 Å². The number of aliphatic hydroxyl groups is 1. The van der Waals surface area contributed by atoms with Gasteiger partial charge in [-0.05, 0) is 13.8 Å². The fraction of sp³-hybridized carbons (Fsp3) is 0.583. The second-order valence-electron chi connectivity index (χ2n) is 4.67. The first-order valence-electron chi connectivity index (χ1n) is 5.87. The van der Waals surface area contributed by atoms with Crippen LogP contribution >= 0.6 is 0 Å². The average Bonchev–Trinajstić information content (AvgIpc) is 2.85. The molecule has 1 aliphatic heterocycles. The lowest BCUT2D eigenvalue weighted by Crippen LogP contribution is -2.40. The molecule has 18 heavy (non-hydrogen) atoms. The van der Waals surface area contributed by atoms with Crippen LogP contribution < -0.4 is 0 Å². The van der Waals surface area contributed by atoms with Crippen LogP contribution in [0.5, 0.6) is 0 Å². The minimum atomic E-state index is -0.626. The highest BCUT2D eigenvalue weighted by Crippen LogP contribution is 2.20. The van der Waals surface area contributed by atoms with E-state index in [9.17, 15) is 14.7 Å². The topological polar surface area (TPSA) is 83.6 Å². The van der Waals surface area contributed by atoms with Crippen LogP contribution in [0.4, 0.5) is 0 Å². The van der Waals surface area contributed by atoms with Gasteiger partial charge in [-0.3, -0.25) is 9.59 Å². The third kappa shape index (κ3) is 2.59. The number of β-amino-alcohol motifs (C(OH)–C–C–N with tert-alkyl or cyclic N) is 1. The average molecular weight is 252 g/mol. The second kappa shape index (κ2) is 4.89. The molecular formula is C12H16N2O4. The van der Waals surface area contributed by atoms with E-state index in [-0.39, 0.29) is 24.7 Å². The second-order valence-corrected chi connectivity index (χ2v) is 4.67. The van der Waals surface area contributed by atoms with Crippen molar-refractivity contribution >= 4 is 11.7 Å². The number of Topliss-reactive ketones (excluding diaryl/α,β-unsaturated/α-hetero) is 1. The molecule has 0 bridgehead atoms. The number of nitrogens with zero attached hydrogens (tertiary/aromatic N) is 2. The van der Waals surface area contributed by atoms with Gasteiger partial charge < -0.3 is 14.5 Å². The third-order valence-corrected chi connectivity index (χ3v) is 3.07. The summed E-state index contributed by atoms with van der Waals surface area (Å²) in [6, 6.07) is 1.17. The highest BCUT2D eigenvalue weighted by atomic mass is 16.5. The summed E-state index contributed by atoms with van der Waals surface area (Å²) in [7, 11) is 0. The molecule has 2 rings (SSSR count). The summed E-state index contributed by atoms with van der Waals surface area (Å²) in [6.07, 6.45) is -0.243. The molecule has 1 amide bonds. The van der Waals surface area contributed by atoms with Gasteiger partial charge in [0.25, 0.3) is 0 Å². The molecule has 0 aromatic carbocycles. The maximum absolute atomic E-state index is 12.1. The molecule has 1 aromatic rings. The molecule has 0 radical (unpaired) electrons. The molecule has 6 heteroatoms. The Morgan fingerprint density at radius 3 is 2.89 bits per heavy atom. The van der Waals surface area contributed by atoms with E-state index in [0.717, 1.165) is 0 Å². The van der Waals surface area contributed by atoms with Crippen molar-refractivity contribution < 1.29 is 19.2 Å². The molecule has 1 N–H and O–H groups in total. The van der Waals surface area contributed by atoms with Gasteiger partial charge in [-0.2, -0.15) is 0 Å². The summed E-state index contributed by atoms with van der Waals surface area (Å²) < 4.78 is 4.97. The molecule has 1 aromatic heterocycles. The number of aliphatic hydroxyl groups excluding tert-OH is 1. The number of amides is 1. The van der Waals surface area contributed by atoms with Gasteiger partial charge in [-0.25, -0.2) is 0 Å². The Balaban J connectivity index is 2.06. The zero-order valence-corrected chi connectivity index (χ0v) is 10.4. The standard InChI is InChI=1S/C12H16N2O4/c1-7-3-10(18-13-7)5-12(17)14-6-9(16)4-11(14)8(2)15/h3,9,11,16H,4-6H2,1-2H3. The van der Waals surface area contributed by atoms with Gasteiger partial charge in [0.1, 0.15) is 5.76 Å². The number of aromatic nitrogens is 1. The molecule has 1 saturated heterocycles. The Kier molecular flexibility index (Phi) is 3.47. The largest absolute Gasteiger partial charge is 0.391 e. The molecule has 1 aliphatic rings. The van der Waals surface area contributed by atoms with Crippen LogP contribution in [-0.4, -0.2) is 45.5 Å². The van der Waals surface area contributed by atoms with Crippen LogP contribution in [0.1, 0.15) is 24.8 Å². The van der Waals surface area contributed by atoms with E-state index < -0.39 is 12.1 Å². The smallest absolute Gasteiger partial charge is 0.231 e. The molecule has 0 saturated carbocycles. The summed E-state index contributed by atoms with van der Waals surface area (Å²) in [5.74, 6) is 0.151. The van der Waals surface area contributed by atoms with Gasteiger partial charge in [0.15, 0.2) is 5.78 Å². The van der Waals surface area contributed by atoms with E-state index in [4.69, 9.17) is 4.52 Å². The first-order chi connectivity index (χ1) is 8.47. The van der Waals surface area contributed by atoms with E-state index in [1.807, 2.05) is 0 Å². The van der Waals surface area contributed by atoms with Crippen LogP contribution in [0, 0.1) is 6.92 Å². The molecule has 98 valence electrons. The summed E-state index contributed by atoms with van der Waals surface area (Å²) >= 11 is 0. The number of aryl methyl sites for hydroxylation is 1. The molecule has 2 unspecified atom stereocenters. The van der Waals surface area contributed by atoms with Crippen molar-refractivity contribution in [3.63, 3.8) is 0 Å². The fourth-order valence-electron chi connectivity index (χ4n) is 2.23. The highest BCUT2D eigenvalue weighted by Gasteiger charge is 2.37. The molecule has 0 spiro atoms. The summed E-state index contributed by atoms with van der Waals surface area (Å²) in [5, 5.41) is 13.3. The summed E-state index contributed by atoms with van der Waals surface area (Å²) in [4.78, 5) is 24.9. The van der Waals surface area contributed by atoms with Gasteiger partial charge >= 0.3 is 0 Å². The molecule has 2 heterocycles. The highest BCUT2D eigenvalue weighted by molar-refractivity contribution is 5.88. The van der Waals surface area contributed by atoms with Crippen molar-refractivity contribution in [1.82, 2.24) is 10.1 Å². The maximum atomic E-state index is 12.1. The van der Waals surface area contributed by atoms with Crippen molar-refractivity contribution in [2.75, 3.05) is 6.54 Å². The van der Waals surface area contributed by atoms with Crippen molar-refractivity contribution in [1.29, 1.82) is 0 Å². The van der Waals surface area contributed by atoms with Gasteiger partial charge in [0.05, 0.1) is 24.3 Å². The molecule has 0 aliphatic carbocycles. The first kappa shape index (κ1) is 12.8. The zero-order valence-electron chi connectivity index (χ0n) is 10.4. The monoisotopic (exact) mass is 252 g/mol. The van der Waals surface area contributed by atoms with Crippen molar-refractivity contribution in [2.45, 2.75) is 38.8 Å². The summed E-state index contributed by atoms with van der Waals surface area (Å²) in [5.41, 5.74) is 0.711. The summed E-state index contributed by atoms with van der Waals surface area (Å²) in [6.45, 7) is 3.41. The van der Waals surface area contributed by atoms with Crippen molar-refractivity contribution in [3.8, 4) is 0 Å². The van der Waals surface area contributed by atoms with E-state index in [2.05, 4.69) is 5.16 Å². The van der Waals surface area contributed by atoms with Gasteiger partial charge in [-0.15, -0.1) is 0 Å². The minimum Gasteiger partial charge on any atom is -0.391 e. The Morgan fingerprint density at radius 1 is 1.61 bits per heavy atom. The third-order valence-electron chi connectivity index (χ3n) is 3.07. The Labute approximate surface area is 105 Å². The van der Waals surface area contributed by atoms with Gasteiger partial charge in [-0.1, -0.05) is 5.16 Å². The number of hydrogen-bond acceptors (Lipinski definition) is 5. The molecule has 1 fully saturated rings. The SMILES string of the molecule is CC(=O)C1CC(O)CN1C(=O)Cc1cc(C)no1. The predicted octanol–water partition coefficient (Wildman–Crippen LogP) is 0.0763. The zero-order chi connectivity index (χ0) is 13.3. The van der Waals surface area contributed by atoms with Crippen LogP contribution in [0.25, 0.3) is 0 Å². The van der Waals surface area contributed by atoms with E-state index in [1.165, 1.54) is 11.8 Å². The van der Waals surface area contributed by atoms with Crippen LogP contribution in [0.2, 0.25) is 0 Å². The maximum Gasteiger partial charge on any atom is 0.231 e. The number of carbonyl (C=O) groups is 2. The number of rotatable bonds is 3. The number of likely N-dealkylation sites (tertiary alicyclic amines) is 1. The van der Waals surface area contributed by atoms with E-state index in [0.29, 0.717) is 17.9 Å². The lowest BCUT2D eigenvalue weighted by atomic mass is 10.1. The molecule has 6 nitrogen and oxygen atoms in total. The van der Waals surface area contributed by atoms with Crippen LogP contribution in [0.3, 0.4) is 0 Å².